The molecule has 5 heteroatoms. The van der Waals surface area contributed by atoms with Crippen LogP contribution in [0.15, 0.2) is 23.5 Å². The van der Waals surface area contributed by atoms with Crippen LogP contribution in [0.2, 0.25) is 0 Å². The summed E-state index contributed by atoms with van der Waals surface area (Å²) in [6, 6.07) is 0. The summed E-state index contributed by atoms with van der Waals surface area (Å²) in [5, 5.41) is 0. The molecule has 0 aromatic carbocycles. The number of hydrogen-bond donors (Lipinski definition) is 0. The maximum Gasteiger partial charge on any atom is 0.262 e. The zero-order valence-corrected chi connectivity index (χ0v) is 10.3. The molecule has 1 aliphatic rings. The van der Waals surface area contributed by atoms with E-state index in [1.807, 2.05) is 28.2 Å². The third-order valence-electron chi connectivity index (χ3n) is 2.13. The second-order valence-electron chi connectivity index (χ2n) is 4.18. The number of carbonyl (C=O) groups is 2. The summed E-state index contributed by atoms with van der Waals surface area (Å²) in [5.74, 6) is -0.515. The van der Waals surface area contributed by atoms with Gasteiger partial charge in [0.05, 0.1) is 11.1 Å². The van der Waals surface area contributed by atoms with Gasteiger partial charge >= 0.3 is 0 Å². The van der Waals surface area contributed by atoms with Crippen molar-refractivity contribution in [3.8, 4) is 0 Å². The molecular weight excluding hydrogens is 206 g/mol. The van der Waals surface area contributed by atoms with E-state index >= 15 is 0 Å². The molecule has 0 aromatic rings. The summed E-state index contributed by atoms with van der Waals surface area (Å²) in [6.07, 6.45) is 3.33. The van der Waals surface area contributed by atoms with E-state index in [-0.39, 0.29) is 11.8 Å². The van der Waals surface area contributed by atoms with Crippen molar-refractivity contribution in [3.63, 3.8) is 0 Å². The van der Waals surface area contributed by atoms with Crippen molar-refractivity contribution < 1.29 is 9.59 Å². The second-order valence-corrected chi connectivity index (χ2v) is 4.18. The molecular formula is C11H17N3O2. The first-order chi connectivity index (χ1) is 7.34. The van der Waals surface area contributed by atoms with Crippen LogP contribution in [0.3, 0.4) is 0 Å². The lowest BCUT2D eigenvalue weighted by Gasteiger charge is -2.08. The van der Waals surface area contributed by atoms with Gasteiger partial charge in [0.2, 0.25) is 0 Å². The molecule has 16 heavy (non-hydrogen) atoms. The van der Waals surface area contributed by atoms with Gasteiger partial charge in [0.1, 0.15) is 0 Å². The molecule has 1 rings (SSSR count). The van der Waals surface area contributed by atoms with E-state index in [1.165, 1.54) is 7.05 Å². The third-order valence-corrected chi connectivity index (χ3v) is 2.13. The predicted octanol–water partition coefficient (Wildman–Crippen LogP) is -0.124. The number of nitrogens with zero attached hydrogens (tertiary/aromatic N) is 3. The SMILES string of the molecule is CN(C)/C=C1\C(=O)N(C)C(=O)\C1=C/N(C)C. The molecule has 0 aliphatic carbocycles. The Morgan fingerprint density at radius 3 is 1.44 bits per heavy atom. The average molecular weight is 223 g/mol. The number of carbonyl (C=O) groups excluding carboxylic acids is 2. The lowest BCUT2D eigenvalue weighted by molar-refractivity contribution is -0.134. The maximum atomic E-state index is 11.8. The predicted molar refractivity (Wildman–Crippen MR) is 61.3 cm³/mol. The fourth-order valence-corrected chi connectivity index (χ4v) is 1.45. The molecule has 0 atom stereocenters. The Morgan fingerprint density at radius 1 is 0.875 bits per heavy atom. The van der Waals surface area contributed by atoms with Gasteiger partial charge in [-0.2, -0.15) is 0 Å². The summed E-state index contributed by atoms with van der Waals surface area (Å²) in [7, 11) is 8.75. The third kappa shape index (κ3) is 2.24. The van der Waals surface area contributed by atoms with Gasteiger partial charge in [-0.15, -0.1) is 0 Å². The second kappa shape index (κ2) is 4.38. The number of likely N-dealkylation sites (tertiary alicyclic amines) is 1. The molecule has 1 fully saturated rings. The molecule has 0 N–H and O–H groups in total. The summed E-state index contributed by atoms with van der Waals surface area (Å²) < 4.78 is 0. The summed E-state index contributed by atoms with van der Waals surface area (Å²) in [6.45, 7) is 0. The fourth-order valence-electron chi connectivity index (χ4n) is 1.45. The highest BCUT2D eigenvalue weighted by atomic mass is 16.2. The Hall–Kier alpha value is -1.78. The molecule has 0 saturated carbocycles. The van der Waals surface area contributed by atoms with Crippen LogP contribution < -0.4 is 0 Å². The van der Waals surface area contributed by atoms with Crippen molar-refractivity contribution in [3.05, 3.63) is 23.5 Å². The summed E-state index contributed by atoms with van der Waals surface area (Å²) in [5.41, 5.74) is 0.873. The van der Waals surface area contributed by atoms with Gasteiger partial charge in [-0.3, -0.25) is 14.5 Å². The van der Waals surface area contributed by atoms with E-state index in [0.717, 1.165) is 4.90 Å². The summed E-state index contributed by atoms with van der Waals surface area (Å²) >= 11 is 0. The standard InChI is InChI=1S/C11H17N3O2/c1-12(2)6-8-9(7-13(3)4)11(16)14(5)10(8)15/h6-7H,1-5H3/b8-6-,9-7-. The first-order valence-corrected chi connectivity index (χ1v) is 4.94. The van der Waals surface area contributed by atoms with Gasteiger partial charge in [-0.25, -0.2) is 0 Å². The van der Waals surface area contributed by atoms with Crippen LogP contribution in [0.5, 0.6) is 0 Å². The van der Waals surface area contributed by atoms with Crippen LogP contribution in [-0.2, 0) is 9.59 Å². The smallest absolute Gasteiger partial charge is 0.262 e. The van der Waals surface area contributed by atoms with Crippen molar-refractivity contribution in [1.82, 2.24) is 14.7 Å². The molecule has 0 aromatic heterocycles. The van der Waals surface area contributed by atoms with Crippen LogP contribution >= 0.6 is 0 Å². The van der Waals surface area contributed by atoms with Crippen LogP contribution in [0.4, 0.5) is 0 Å². The van der Waals surface area contributed by atoms with Gasteiger partial charge < -0.3 is 9.80 Å². The Labute approximate surface area is 95.6 Å². The maximum absolute atomic E-state index is 11.8. The lowest BCUT2D eigenvalue weighted by atomic mass is 10.1. The average Bonchev–Trinajstić information content (AvgIpc) is 2.34. The van der Waals surface area contributed by atoms with Crippen molar-refractivity contribution in [2.24, 2.45) is 0 Å². The Kier molecular flexibility index (Phi) is 3.37. The molecule has 1 heterocycles. The molecule has 0 radical (unpaired) electrons. The molecule has 0 spiro atoms. The molecule has 88 valence electrons. The van der Waals surface area contributed by atoms with Gasteiger partial charge in [-0.1, -0.05) is 0 Å². The Morgan fingerprint density at radius 2 is 1.19 bits per heavy atom. The van der Waals surface area contributed by atoms with Gasteiger partial charge in [0.25, 0.3) is 11.8 Å². The fraction of sp³-hybridized carbons (Fsp3) is 0.455. The van der Waals surface area contributed by atoms with E-state index in [4.69, 9.17) is 0 Å². The number of hydrogen-bond acceptors (Lipinski definition) is 4. The first-order valence-electron chi connectivity index (χ1n) is 4.94. The zero-order valence-electron chi connectivity index (χ0n) is 10.3. The molecule has 0 unspecified atom stereocenters. The van der Waals surface area contributed by atoms with Crippen LogP contribution in [0.25, 0.3) is 0 Å². The lowest BCUT2D eigenvalue weighted by Crippen LogP contribution is -2.24. The number of amides is 2. The normalized spacial score (nSPS) is 21.2. The quantitative estimate of drug-likeness (QED) is 0.483. The van der Waals surface area contributed by atoms with Crippen LogP contribution in [0, 0.1) is 0 Å². The van der Waals surface area contributed by atoms with Crippen LogP contribution in [-0.4, -0.2) is 61.8 Å². The van der Waals surface area contributed by atoms with E-state index in [1.54, 1.807) is 22.2 Å². The van der Waals surface area contributed by atoms with E-state index < -0.39 is 0 Å². The highest BCUT2D eigenvalue weighted by Crippen LogP contribution is 2.23. The number of likely N-dealkylation sites (N-methyl/N-ethyl adjacent to an activating group) is 1. The van der Waals surface area contributed by atoms with Gasteiger partial charge in [0, 0.05) is 47.6 Å². The topological polar surface area (TPSA) is 43.9 Å². The van der Waals surface area contributed by atoms with Crippen molar-refractivity contribution in [2.45, 2.75) is 0 Å². The minimum atomic E-state index is -0.258. The van der Waals surface area contributed by atoms with Crippen molar-refractivity contribution >= 4 is 11.8 Å². The largest absolute Gasteiger partial charge is 0.383 e. The van der Waals surface area contributed by atoms with Gasteiger partial charge in [0.15, 0.2) is 0 Å². The Balaban J connectivity index is 3.23. The monoisotopic (exact) mass is 223 g/mol. The van der Waals surface area contributed by atoms with Crippen molar-refractivity contribution in [1.29, 1.82) is 0 Å². The molecule has 0 bridgehead atoms. The first kappa shape index (κ1) is 12.3. The van der Waals surface area contributed by atoms with E-state index in [0.29, 0.717) is 11.1 Å². The minimum Gasteiger partial charge on any atom is -0.383 e. The van der Waals surface area contributed by atoms with Crippen molar-refractivity contribution in [2.75, 3.05) is 35.2 Å². The highest BCUT2D eigenvalue weighted by Gasteiger charge is 2.36. The van der Waals surface area contributed by atoms with Crippen LogP contribution in [0.1, 0.15) is 0 Å². The number of rotatable bonds is 2. The zero-order chi connectivity index (χ0) is 12.5. The van der Waals surface area contributed by atoms with E-state index in [9.17, 15) is 9.59 Å². The molecule has 5 nitrogen and oxygen atoms in total. The van der Waals surface area contributed by atoms with E-state index in [2.05, 4.69) is 0 Å². The minimum absolute atomic E-state index is 0.258. The Bertz CT molecular complexity index is 345. The summed E-state index contributed by atoms with van der Waals surface area (Å²) in [4.78, 5) is 28.2. The highest BCUT2D eigenvalue weighted by molar-refractivity contribution is 6.24. The van der Waals surface area contributed by atoms with Gasteiger partial charge in [-0.05, 0) is 0 Å². The number of imide groups is 1. The molecule has 2 amide bonds. The molecule has 1 saturated heterocycles. The molecule has 1 aliphatic heterocycles.